The Kier molecular flexibility index (Phi) is 5.85. The van der Waals surface area contributed by atoms with Crippen LogP contribution in [0.2, 0.25) is 0 Å². The molecule has 1 aliphatic carbocycles. The van der Waals surface area contributed by atoms with Gasteiger partial charge in [-0.25, -0.2) is 15.0 Å². The summed E-state index contributed by atoms with van der Waals surface area (Å²) in [6.07, 6.45) is 2.46. The van der Waals surface area contributed by atoms with Gasteiger partial charge in [-0.3, -0.25) is 0 Å². The lowest BCUT2D eigenvalue weighted by atomic mass is 9.78. The molecule has 0 amide bonds. The first-order valence-corrected chi connectivity index (χ1v) is 12.2. The molecule has 3 aliphatic rings. The number of hydrogen-bond donors (Lipinski definition) is 3. The zero-order valence-corrected chi connectivity index (χ0v) is 19.2. The van der Waals surface area contributed by atoms with Crippen molar-refractivity contribution >= 4 is 17.0 Å². The van der Waals surface area contributed by atoms with Crippen molar-refractivity contribution in [1.29, 1.82) is 0 Å². The van der Waals surface area contributed by atoms with Gasteiger partial charge in [-0.15, -0.1) is 0 Å². The number of ether oxygens (including phenoxy) is 1. The number of hydrogen-bond acceptors (Lipinski definition) is 7. The van der Waals surface area contributed by atoms with Crippen molar-refractivity contribution in [3.05, 3.63) is 36.3 Å². The van der Waals surface area contributed by atoms with Crippen LogP contribution in [0.3, 0.4) is 0 Å². The van der Waals surface area contributed by atoms with Crippen molar-refractivity contribution in [3.63, 3.8) is 0 Å². The van der Waals surface area contributed by atoms with Gasteiger partial charge < -0.3 is 25.3 Å². The van der Waals surface area contributed by atoms with Crippen LogP contribution in [0.15, 0.2) is 30.7 Å². The number of fused-ring (bicyclic) bond motifs is 2. The van der Waals surface area contributed by atoms with E-state index in [4.69, 9.17) is 4.74 Å². The van der Waals surface area contributed by atoms with Crippen molar-refractivity contribution in [2.75, 3.05) is 38.1 Å². The van der Waals surface area contributed by atoms with Crippen LogP contribution >= 0.6 is 0 Å². The summed E-state index contributed by atoms with van der Waals surface area (Å²) in [6.45, 7) is 3.69. The molecule has 2 aliphatic heterocycles. The average Bonchev–Trinajstić information content (AvgIpc) is 3.50. The van der Waals surface area contributed by atoms with E-state index >= 15 is 0 Å². The molecule has 3 fully saturated rings. The number of aromatic nitrogens is 4. The van der Waals surface area contributed by atoms with Gasteiger partial charge in [-0.2, -0.15) is 13.2 Å². The topological polar surface area (TPSA) is 88.9 Å². The summed E-state index contributed by atoms with van der Waals surface area (Å²) in [5.41, 5.74) is -0.0844. The molecule has 4 atom stereocenters. The van der Waals surface area contributed by atoms with Gasteiger partial charge in [0.25, 0.3) is 0 Å². The molecule has 0 bridgehead atoms. The second kappa shape index (κ2) is 9.03. The van der Waals surface area contributed by atoms with E-state index < -0.39 is 11.7 Å². The molecule has 8 nitrogen and oxygen atoms in total. The third-order valence-electron chi connectivity index (χ3n) is 7.47. The molecule has 35 heavy (non-hydrogen) atoms. The first-order valence-electron chi connectivity index (χ1n) is 12.2. The van der Waals surface area contributed by atoms with E-state index in [9.17, 15) is 13.2 Å². The third kappa shape index (κ3) is 4.25. The number of nitrogens with zero attached hydrogens (tertiary/aromatic N) is 4. The maximum Gasteiger partial charge on any atom is 0.419 e. The Morgan fingerprint density at radius 1 is 1.11 bits per heavy atom. The second-order valence-corrected chi connectivity index (χ2v) is 9.57. The molecule has 11 heteroatoms. The van der Waals surface area contributed by atoms with Gasteiger partial charge in [0.1, 0.15) is 17.4 Å². The van der Waals surface area contributed by atoms with Gasteiger partial charge in [0.05, 0.1) is 12.3 Å². The first-order chi connectivity index (χ1) is 17.0. The van der Waals surface area contributed by atoms with Crippen molar-refractivity contribution < 1.29 is 17.9 Å². The lowest BCUT2D eigenvalue weighted by Crippen LogP contribution is -2.38. The predicted molar refractivity (Wildman–Crippen MR) is 125 cm³/mol. The molecular formula is C24H28F3N7O. The standard InChI is InChI=1S/C24H28F3N7O/c25-24(26,27)18-11-31-23(32-19-5-1-3-14-9-29-10-16(14)19)33-21(18)17-13-34(20-12-28-7-8-35-20)22-15(17)4-2-6-30-22/h2,4,6,11,13-14,16,19-20,28-29H,1,3,5,7-10,12H2,(H,31,32,33)/t14-,16+,19-,20?/m1/s1. The monoisotopic (exact) mass is 487 g/mol. The summed E-state index contributed by atoms with van der Waals surface area (Å²) >= 11 is 0. The molecule has 6 rings (SSSR count). The van der Waals surface area contributed by atoms with E-state index in [0.717, 1.165) is 38.7 Å². The molecule has 3 N–H and O–H groups in total. The number of pyridine rings is 1. The highest BCUT2D eigenvalue weighted by molar-refractivity contribution is 5.94. The summed E-state index contributed by atoms with van der Waals surface area (Å²) in [4.78, 5) is 13.0. The van der Waals surface area contributed by atoms with Crippen LogP contribution in [0.25, 0.3) is 22.3 Å². The van der Waals surface area contributed by atoms with Crippen LogP contribution < -0.4 is 16.0 Å². The van der Waals surface area contributed by atoms with Crippen LogP contribution in [0, 0.1) is 11.8 Å². The molecule has 0 radical (unpaired) electrons. The van der Waals surface area contributed by atoms with Crippen LogP contribution in [-0.2, 0) is 10.9 Å². The molecule has 2 saturated heterocycles. The minimum atomic E-state index is -4.60. The molecule has 0 aromatic carbocycles. The number of nitrogens with one attached hydrogen (secondary N) is 3. The van der Waals surface area contributed by atoms with Gasteiger partial charge >= 0.3 is 6.18 Å². The molecule has 5 heterocycles. The number of morpholine rings is 1. The summed E-state index contributed by atoms with van der Waals surface area (Å²) in [5.74, 6) is 1.24. The maximum absolute atomic E-state index is 14.1. The highest BCUT2D eigenvalue weighted by atomic mass is 19.4. The third-order valence-corrected chi connectivity index (χ3v) is 7.47. The minimum absolute atomic E-state index is 0.137. The highest BCUT2D eigenvalue weighted by Crippen LogP contribution is 2.40. The average molecular weight is 488 g/mol. The van der Waals surface area contributed by atoms with E-state index in [2.05, 4.69) is 30.9 Å². The Hall–Kier alpha value is -2.76. The Morgan fingerprint density at radius 2 is 2.03 bits per heavy atom. The van der Waals surface area contributed by atoms with E-state index in [-0.39, 0.29) is 23.9 Å². The number of halogens is 3. The smallest absolute Gasteiger partial charge is 0.355 e. The Balaban J connectivity index is 1.42. The number of anilines is 1. The summed E-state index contributed by atoms with van der Waals surface area (Å²) in [6, 6.07) is 3.63. The predicted octanol–water partition coefficient (Wildman–Crippen LogP) is 3.43. The van der Waals surface area contributed by atoms with Gasteiger partial charge in [-0.05, 0) is 43.4 Å². The summed E-state index contributed by atoms with van der Waals surface area (Å²) in [7, 11) is 0. The van der Waals surface area contributed by atoms with Crippen LogP contribution in [0.4, 0.5) is 19.1 Å². The van der Waals surface area contributed by atoms with Gasteiger partial charge in [0.15, 0.2) is 0 Å². The normalized spacial score (nSPS) is 27.2. The van der Waals surface area contributed by atoms with Crippen molar-refractivity contribution in [3.8, 4) is 11.3 Å². The van der Waals surface area contributed by atoms with Gasteiger partial charge in [0.2, 0.25) is 5.95 Å². The zero-order chi connectivity index (χ0) is 24.0. The number of rotatable bonds is 4. The van der Waals surface area contributed by atoms with E-state index in [1.807, 2.05) is 0 Å². The van der Waals surface area contributed by atoms with Crippen LogP contribution in [0.5, 0.6) is 0 Å². The van der Waals surface area contributed by atoms with Crippen molar-refractivity contribution in [2.24, 2.45) is 11.8 Å². The number of alkyl halides is 3. The fraction of sp³-hybridized carbons (Fsp3) is 0.542. The highest BCUT2D eigenvalue weighted by Gasteiger charge is 2.39. The molecule has 186 valence electrons. The van der Waals surface area contributed by atoms with Crippen LogP contribution in [-0.4, -0.2) is 58.3 Å². The second-order valence-electron chi connectivity index (χ2n) is 9.57. The zero-order valence-electron chi connectivity index (χ0n) is 19.2. The first kappa shape index (κ1) is 22.7. The van der Waals surface area contributed by atoms with E-state index in [1.54, 1.807) is 29.1 Å². The molecular weight excluding hydrogens is 459 g/mol. The van der Waals surface area contributed by atoms with Crippen LogP contribution in [0.1, 0.15) is 31.1 Å². The SMILES string of the molecule is FC(F)(F)c1cnc(N[C@@H]2CCC[C@@H]3CNC[C@@H]32)nc1-c1cn(C2CNCCO2)c2ncccc12. The fourth-order valence-electron chi connectivity index (χ4n) is 5.78. The molecule has 3 aromatic heterocycles. The largest absolute Gasteiger partial charge is 0.419 e. The lowest BCUT2D eigenvalue weighted by Gasteiger charge is -2.33. The quantitative estimate of drug-likeness (QED) is 0.520. The Bertz CT molecular complexity index is 1210. The fourth-order valence-corrected chi connectivity index (χ4v) is 5.78. The molecule has 1 unspecified atom stereocenters. The molecule has 0 spiro atoms. The van der Waals surface area contributed by atoms with E-state index in [1.165, 1.54) is 6.42 Å². The lowest BCUT2D eigenvalue weighted by molar-refractivity contribution is -0.137. The molecule has 3 aromatic rings. The Labute approximate surface area is 200 Å². The van der Waals surface area contributed by atoms with Crippen molar-refractivity contribution in [2.45, 2.75) is 37.7 Å². The van der Waals surface area contributed by atoms with E-state index in [0.29, 0.717) is 41.6 Å². The minimum Gasteiger partial charge on any atom is -0.355 e. The summed E-state index contributed by atoms with van der Waals surface area (Å²) in [5, 5.41) is 10.7. The van der Waals surface area contributed by atoms with Gasteiger partial charge in [-0.1, -0.05) is 6.42 Å². The van der Waals surface area contributed by atoms with Gasteiger partial charge in [0, 0.05) is 55.2 Å². The summed E-state index contributed by atoms with van der Waals surface area (Å²) < 4.78 is 50.0. The Morgan fingerprint density at radius 3 is 2.86 bits per heavy atom. The maximum atomic E-state index is 14.1. The molecule has 1 saturated carbocycles. The van der Waals surface area contributed by atoms with Crippen molar-refractivity contribution in [1.82, 2.24) is 30.2 Å².